The molecular weight excluding hydrogens is 392 g/mol. The lowest BCUT2D eigenvalue weighted by Crippen LogP contribution is -2.28. The maximum Gasteiger partial charge on any atom is 0.319 e. The van der Waals surface area contributed by atoms with Crippen LogP contribution in [0.15, 0.2) is 72.8 Å². The number of nitrogens with one attached hydrogen (secondary N) is 2. The second kappa shape index (κ2) is 11.7. The molecule has 0 radical (unpaired) electrons. The summed E-state index contributed by atoms with van der Waals surface area (Å²) >= 11 is 0. The lowest BCUT2D eigenvalue weighted by atomic mass is 10.1. The highest BCUT2D eigenvalue weighted by Crippen LogP contribution is 2.15. The van der Waals surface area contributed by atoms with Crippen molar-refractivity contribution in [1.82, 2.24) is 5.32 Å². The Kier molecular flexibility index (Phi) is 8.46. The summed E-state index contributed by atoms with van der Waals surface area (Å²) in [5, 5.41) is 5.77. The van der Waals surface area contributed by atoms with E-state index in [2.05, 4.69) is 10.6 Å². The van der Waals surface area contributed by atoms with Crippen LogP contribution in [0.3, 0.4) is 0 Å². The highest BCUT2D eigenvalue weighted by molar-refractivity contribution is 5.89. The SMILES string of the molecule is COCc1ccccc1CNC(=O)Nc1cccc(COCc2ccc(OC)cc2)c1. The molecule has 162 valence electrons. The Labute approximate surface area is 183 Å². The van der Waals surface area contributed by atoms with E-state index in [-0.39, 0.29) is 6.03 Å². The van der Waals surface area contributed by atoms with Crippen LogP contribution < -0.4 is 15.4 Å². The average molecular weight is 421 g/mol. The van der Waals surface area contributed by atoms with Gasteiger partial charge in [-0.25, -0.2) is 4.79 Å². The second-order valence-electron chi connectivity index (χ2n) is 7.05. The fourth-order valence-electron chi connectivity index (χ4n) is 3.12. The van der Waals surface area contributed by atoms with Crippen molar-refractivity contribution in [2.24, 2.45) is 0 Å². The summed E-state index contributed by atoms with van der Waals surface area (Å²) in [6.07, 6.45) is 0. The molecule has 6 heteroatoms. The van der Waals surface area contributed by atoms with Gasteiger partial charge in [0.25, 0.3) is 0 Å². The Balaban J connectivity index is 1.47. The van der Waals surface area contributed by atoms with Gasteiger partial charge in [-0.1, -0.05) is 48.5 Å². The maximum absolute atomic E-state index is 12.3. The number of hydrogen-bond donors (Lipinski definition) is 2. The number of methoxy groups -OCH3 is 2. The quantitative estimate of drug-likeness (QED) is 0.490. The van der Waals surface area contributed by atoms with Gasteiger partial charge < -0.3 is 24.8 Å². The van der Waals surface area contributed by atoms with E-state index < -0.39 is 0 Å². The monoisotopic (exact) mass is 420 g/mol. The molecule has 0 heterocycles. The lowest BCUT2D eigenvalue weighted by molar-refractivity contribution is 0.107. The molecule has 0 unspecified atom stereocenters. The highest BCUT2D eigenvalue weighted by Gasteiger charge is 2.06. The van der Waals surface area contributed by atoms with Gasteiger partial charge in [0.2, 0.25) is 0 Å². The molecule has 2 N–H and O–H groups in total. The molecule has 0 saturated heterocycles. The number of urea groups is 1. The Bertz CT molecular complexity index is 973. The van der Waals surface area contributed by atoms with Crippen LogP contribution in [0.25, 0.3) is 0 Å². The zero-order valence-corrected chi connectivity index (χ0v) is 17.9. The molecule has 6 nitrogen and oxygen atoms in total. The number of carbonyl (C=O) groups is 1. The van der Waals surface area contributed by atoms with Crippen molar-refractivity contribution in [2.45, 2.75) is 26.4 Å². The maximum atomic E-state index is 12.3. The molecule has 0 atom stereocenters. The third-order valence-corrected chi connectivity index (χ3v) is 4.74. The summed E-state index contributed by atoms with van der Waals surface area (Å²) in [5.74, 6) is 0.822. The molecule has 0 saturated carbocycles. The summed E-state index contributed by atoms with van der Waals surface area (Å²) in [4.78, 5) is 12.3. The molecule has 31 heavy (non-hydrogen) atoms. The van der Waals surface area contributed by atoms with Crippen LogP contribution in [0, 0.1) is 0 Å². The van der Waals surface area contributed by atoms with Gasteiger partial charge in [0.1, 0.15) is 5.75 Å². The van der Waals surface area contributed by atoms with Crippen LogP contribution in [-0.2, 0) is 35.8 Å². The smallest absolute Gasteiger partial charge is 0.319 e. The minimum absolute atomic E-state index is 0.261. The number of anilines is 1. The van der Waals surface area contributed by atoms with Crippen LogP contribution in [0.1, 0.15) is 22.3 Å². The fraction of sp³-hybridized carbons (Fsp3) is 0.240. The number of rotatable bonds is 10. The molecule has 3 aromatic carbocycles. The second-order valence-corrected chi connectivity index (χ2v) is 7.05. The van der Waals surface area contributed by atoms with E-state index in [1.807, 2.05) is 72.8 Å². The molecular formula is C25H28N2O4. The van der Waals surface area contributed by atoms with E-state index in [1.54, 1.807) is 14.2 Å². The van der Waals surface area contributed by atoms with Crippen LogP contribution in [0.5, 0.6) is 5.75 Å². The van der Waals surface area contributed by atoms with Gasteiger partial charge in [-0.05, 0) is 46.5 Å². The van der Waals surface area contributed by atoms with Crippen LogP contribution >= 0.6 is 0 Å². The van der Waals surface area contributed by atoms with E-state index in [1.165, 1.54) is 0 Å². The topological polar surface area (TPSA) is 68.8 Å². The van der Waals surface area contributed by atoms with Gasteiger partial charge in [0, 0.05) is 19.3 Å². The first-order valence-corrected chi connectivity index (χ1v) is 10.1. The van der Waals surface area contributed by atoms with Crippen LogP contribution in [-0.4, -0.2) is 20.3 Å². The number of carbonyl (C=O) groups excluding carboxylic acids is 1. The standard InChI is InChI=1S/C25H28N2O4/c1-29-18-22-8-4-3-7-21(22)15-26-25(28)27-23-9-5-6-20(14-23)17-31-16-19-10-12-24(30-2)13-11-19/h3-14H,15-18H2,1-2H3,(H2,26,27,28). The molecule has 0 aliphatic rings. The number of hydrogen-bond acceptors (Lipinski definition) is 4. The Hall–Kier alpha value is -3.35. The summed E-state index contributed by atoms with van der Waals surface area (Å²) in [6.45, 7) is 1.89. The first kappa shape index (κ1) is 22.3. The first-order chi connectivity index (χ1) is 15.2. The largest absolute Gasteiger partial charge is 0.497 e. The predicted molar refractivity (Wildman–Crippen MR) is 121 cm³/mol. The van der Waals surface area contributed by atoms with Gasteiger partial charge in [-0.2, -0.15) is 0 Å². The fourth-order valence-corrected chi connectivity index (χ4v) is 3.12. The third-order valence-electron chi connectivity index (χ3n) is 4.74. The zero-order chi connectivity index (χ0) is 21.9. The van der Waals surface area contributed by atoms with Gasteiger partial charge in [0.15, 0.2) is 0 Å². The van der Waals surface area contributed by atoms with Crippen molar-refractivity contribution in [1.29, 1.82) is 0 Å². The highest BCUT2D eigenvalue weighted by atomic mass is 16.5. The molecule has 0 bridgehead atoms. The van der Waals surface area contributed by atoms with Crippen molar-refractivity contribution in [3.8, 4) is 5.75 Å². The van der Waals surface area contributed by atoms with E-state index in [0.29, 0.717) is 32.1 Å². The number of ether oxygens (including phenoxy) is 3. The van der Waals surface area contributed by atoms with Gasteiger partial charge in [-0.15, -0.1) is 0 Å². The first-order valence-electron chi connectivity index (χ1n) is 10.1. The minimum atomic E-state index is -0.261. The lowest BCUT2D eigenvalue weighted by Gasteiger charge is -2.12. The number of benzene rings is 3. The molecule has 2 amide bonds. The van der Waals surface area contributed by atoms with Crippen molar-refractivity contribution in [3.63, 3.8) is 0 Å². The van der Waals surface area contributed by atoms with Crippen LogP contribution in [0.2, 0.25) is 0 Å². The number of amides is 2. The summed E-state index contributed by atoms with van der Waals surface area (Å²) in [5.41, 5.74) is 4.86. The summed E-state index contributed by atoms with van der Waals surface area (Å²) in [6, 6.07) is 23.0. The van der Waals surface area contributed by atoms with Gasteiger partial charge in [0.05, 0.1) is 26.9 Å². The van der Waals surface area contributed by atoms with Crippen molar-refractivity contribution in [2.75, 3.05) is 19.5 Å². The Morgan fingerprint density at radius 3 is 2.29 bits per heavy atom. The molecule has 0 aliphatic carbocycles. The molecule has 0 spiro atoms. The summed E-state index contributed by atoms with van der Waals surface area (Å²) < 4.78 is 16.2. The Morgan fingerprint density at radius 2 is 1.55 bits per heavy atom. The van der Waals surface area contributed by atoms with Crippen molar-refractivity contribution < 1.29 is 19.0 Å². The molecule has 0 fully saturated rings. The zero-order valence-electron chi connectivity index (χ0n) is 17.9. The molecule has 3 aromatic rings. The van der Waals surface area contributed by atoms with Crippen molar-refractivity contribution in [3.05, 3.63) is 95.1 Å². The van der Waals surface area contributed by atoms with Crippen LogP contribution in [0.4, 0.5) is 10.5 Å². The average Bonchev–Trinajstić information content (AvgIpc) is 2.79. The van der Waals surface area contributed by atoms with Gasteiger partial charge >= 0.3 is 6.03 Å². The van der Waals surface area contributed by atoms with E-state index in [9.17, 15) is 4.79 Å². The molecule has 0 aromatic heterocycles. The van der Waals surface area contributed by atoms with E-state index in [4.69, 9.17) is 14.2 Å². The Morgan fingerprint density at radius 1 is 0.806 bits per heavy atom. The predicted octanol–water partition coefficient (Wildman–Crippen LogP) is 4.88. The summed E-state index contributed by atoms with van der Waals surface area (Å²) in [7, 11) is 3.30. The molecule has 0 aliphatic heterocycles. The third kappa shape index (κ3) is 7.13. The van der Waals surface area contributed by atoms with Gasteiger partial charge in [-0.3, -0.25) is 0 Å². The van der Waals surface area contributed by atoms with E-state index >= 15 is 0 Å². The molecule has 3 rings (SSSR count). The normalized spacial score (nSPS) is 10.5. The van der Waals surface area contributed by atoms with E-state index in [0.717, 1.165) is 28.0 Å². The van der Waals surface area contributed by atoms with Crippen molar-refractivity contribution >= 4 is 11.7 Å². The minimum Gasteiger partial charge on any atom is -0.497 e.